The second-order valence-corrected chi connectivity index (χ2v) is 6.64. The van der Waals surface area contributed by atoms with E-state index < -0.39 is 11.9 Å². The standard InChI is InChI=1S/C16H18N2O4S/c19-15(18-7-8-22-10-11(9-18)16(20)21)6-5-14-17-12-3-1-2-4-13(12)23-14/h1-4,11H,5-10H2,(H,20,21). The van der Waals surface area contributed by atoms with E-state index in [9.17, 15) is 9.59 Å². The monoisotopic (exact) mass is 334 g/mol. The largest absolute Gasteiger partial charge is 0.481 e. The number of carbonyl (C=O) groups excluding carboxylic acids is 1. The molecule has 1 saturated heterocycles. The number of carboxylic acids is 1. The molecule has 0 bridgehead atoms. The lowest BCUT2D eigenvalue weighted by atomic mass is 10.1. The number of carboxylic acid groups (broad SMARTS) is 1. The maximum absolute atomic E-state index is 12.4. The number of hydrogen-bond acceptors (Lipinski definition) is 5. The lowest BCUT2D eigenvalue weighted by molar-refractivity contribution is -0.144. The van der Waals surface area contributed by atoms with Crippen LogP contribution < -0.4 is 0 Å². The van der Waals surface area contributed by atoms with Gasteiger partial charge in [-0.3, -0.25) is 9.59 Å². The van der Waals surface area contributed by atoms with Crippen LogP contribution in [0.4, 0.5) is 0 Å². The van der Waals surface area contributed by atoms with Crippen LogP contribution in [-0.2, 0) is 20.7 Å². The zero-order chi connectivity index (χ0) is 16.2. The predicted octanol–water partition coefficient (Wildman–Crippen LogP) is 1.79. The number of ether oxygens (including phenoxy) is 1. The SMILES string of the molecule is O=C(O)C1COCCN(C(=O)CCc2nc3ccccc3s2)C1. The Morgan fingerprint density at radius 1 is 1.39 bits per heavy atom. The van der Waals surface area contributed by atoms with E-state index >= 15 is 0 Å². The molecular weight excluding hydrogens is 316 g/mol. The van der Waals surface area contributed by atoms with E-state index in [0.29, 0.717) is 26.0 Å². The van der Waals surface area contributed by atoms with Crippen LogP contribution in [0.2, 0.25) is 0 Å². The van der Waals surface area contributed by atoms with Gasteiger partial charge in [-0.1, -0.05) is 12.1 Å². The van der Waals surface area contributed by atoms with Gasteiger partial charge in [0.25, 0.3) is 0 Å². The van der Waals surface area contributed by atoms with E-state index in [1.165, 1.54) is 0 Å². The normalized spacial score (nSPS) is 18.8. The number of hydrogen-bond donors (Lipinski definition) is 1. The highest BCUT2D eigenvalue weighted by Crippen LogP contribution is 2.22. The molecule has 3 rings (SSSR count). The third-order valence-corrected chi connectivity index (χ3v) is 4.95. The van der Waals surface area contributed by atoms with Crippen molar-refractivity contribution in [1.29, 1.82) is 0 Å². The molecule has 23 heavy (non-hydrogen) atoms. The van der Waals surface area contributed by atoms with Gasteiger partial charge < -0.3 is 14.7 Å². The third kappa shape index (κ3) is 3.86. The van der Waals surface area contributed by atoms with E-state index in [1.807, 2.05) is 24.3 Å². The second-order valence-electron chi connectivity index (χ2n) is 5.53. The van der Waals surface area contributed by atoms with Crippen LogP contribution in [0, 0.1) is 5.92 Å². The molecule has 1 unspecified atom stereocenters. The minimum absolute atomic E-state index is 0.0407. The zero-order valence-corrected chi connectivity index (χ0v) is 13.4. The molecule has 0 aliphatic carbocycles. The Labute approximate surface area is 137 Å². The fraction of sp³-hybridized carbons (Fsp3) is 0.438. The summed E-state index contributed by atoms with van der Waals surface area (Å²) in [5.41, 5.74) is 0.953. The number of fused-ring (bicyclic) bond motifs is 1. The summed E-state index contributed by atoms with van der Waals surface area (Å²) in [5, 5.41) is 10.1. The van der Waals surface area contributed by atoms with Crippen molar-refractivity contribution in [2.24, 2.45) is 5.92 Å². The highest BCUT2D eigenvalue weighted by Gasteiger charge is 2.27. The van der Waals surface area contributed by atoms with Crippen molar-refractivity contribution < 1.29 is 19.4 Å². The summed E-state index contributed by atoms with van der Waals surface area (Å²) in [6.07, 6.45) is 0.916. The van der Waals surface area contributed by atoms with Crippen LogP contribution in [0.5, 0.6) is 0 Å². The molecule has 0 radical (unpaired) electrons. The molecule has 7 heteroatoms. The van der Waals surface area contributed by atoms with Gasteiger partial charge in [0.05, 0.1) is 34.4 Å². The predicted molar refractivity (Wildman–Crippen MR) is 86.5 cm³/mol. The fourth-order valence-corrected chi connectivity index (χ4v) is 3.55. The molecule has 1 amide bonds. The van der Waals surface area contributed by atoms with E-state index in [0.717, 1.165) is 15.2 Å². The van der Waals surface area contributed by atoms with Gasteiger partial charge in [0.1, 0.15) is 0 Å². The Morgan fingerprint density at radius 3 is 3.00 bits per heavy atom. The van der Waals surface area contributed by atoms with Gasteiger partial charge in [0.15, 0.2) is 0 Å². The molecule has 1 aromatic carbocycles. The number of aromatic nitrogens is 1. The van der Waals surface area contributed by atoms with Crippen LogP contribution in [0.25, 0.3) is 10.2 Å². The molecule has 1 fully saturated rings. The van der Waals surface area contributed by atoms with Crippen molar-refractivity contribution in [2.45, 2.75) is 12.8 Å². The highest BCUT2D eigenvalue weighted by atomic mass is 32.1. The topological polar surface area (TPSA) is 79.7 Å². The van der Waals surface area contributed by atoms with Crippen molar-refractivity contribution in [3.05, 3.63) is 29.3 Å². The molecule has 6 nitrogen and oxygen atoms in total. The second kappa shape index (κ2) is 7.06. The van der Waals surface area contributed by atoms with Crippen LogP contribution in [0.15, 0.2) is 24.3 Å². The summed E-state index contributed by atoms with van der Waals surface area (Å²) in [5.74, 6) is -1.61. The number of amides is 1. The smallest absolute Gasteiger partial charge is 0.310 e. The number of aryl methyl sites for hydroxylation is 1. The Bertz CT molecular complexity index is 682. The molecule has 2 aromatic rings. The maximum atomic E-state index is 12.4. The fourth-order valence-electron chi connectivity index (χ4n) is 2.59. The summed E-state index contributed by atoms with van der Waals surface area (Å²) in [6, 6.07) is 7.89. The average Bonchev–Trinajstić information content (AvgIpc) is 2.78. The van der Waals surface area contributed by atoms with Gasteiger partial charge >= 0.3 is 5.97 Å². The van der Waals surface area contributed by atoms with Crippen LogP contribution in [0.1, 0.15) is 11.4 Å². The van der Waals surface area contributed by atoms with Crippen LogP contribution in [-0.4, -0.2) is 53.2 Å². The number of thiazole rings is 1. The van der Waals surface area contributed by atoms with E-state index in [2.05, 4.69) is 4.98 Å². The summed E-state index contributed by atoms with van der Waals surface area (Å²) < 4.78 is 6.38. The maximum Gasteiger partial charge on any atom is 0.310 e. The lowest BCUT2D eigenvalue weighted by Crippen LogP contribution is -2.38. The first-order chi connectivity index (χ1) is 11.1. The van der Waals surface area contributed by atoms with E-state index in [4.69, 9.17) is 9.84 Å². The van der Waals surface area contributed by atoms with Crippen LogP contribution >= 0.6 is 11.3 Å². The molecule has 1 N–H and O–H groups in total. The number of benzene rings is 1. The molecule has 1 aromatic heterocycles. The number of nitrogens with zero attached hydrogens (tertiary/aromatic N) is 2. The van der Waals surface area contributed by atoms with Crippen molar-refractivity contribution in [3.8, 4) is 0 Å². The van der Waals surface area contributed by atoms with Gasteiger partial charge in [-0.25, -0.2) is 4.98 Å². The zero-order valence-electron chi connectivity index (χ0n) is 12.6. The number of aliphatic carboxylic acids is 1. The van der Waals surface area contributed by atoms with Crippen molar-refractivity contribution in [3.63, 3.8) is 0 Å². The molecule has 122 valence electrons. The first-order valence-corrected chi connectivity index (χ1v) is 8.38. The molecule has 0 spiro atoms. The minimum Gasteiger partial charge on any atom is -0.481 e. The summed E-state index contributed by atoms with van der Waals surface area (Å²) in [6.45, 7) is 1.21. The average molecular weight is 334 g/mol. The molecule has 0 saturated carbocycles. The van der Waals surface area contributed by atoms with Crippen molar-refractivity contribution in [1.82, 2.24) is 9.88 Å². The number of carbonyl (C=O) groups is 2. The highest BCUT2D eigenvalue weighted by molar-refractivity contribution is 7.18. The van der Waals surface area contributed by atoms with Gasteiger partial charge in [-0.2, -0.15) is 0 Å². The minimum atomic E-state index is -0.920. The van der Waals surface area contributed by atoms with Crippen molar-refractivity contribution >= 4 is 33.4 Å². The Hall–Kier alpha value is -1.99. The molecular formula is C16H18N2O4S. The Kier molecular flexibility index (Phi) is 4.88. The Balaban J connectivity index is 1.60. The lowest BCUT2D eigenvalue weighted by Gasteiger charge is -2.21. The van der Waals surface area contributed by atoms with Crippen LogP contribution in [0.3, 0.4) is 0 Å². The summed E-state index contributed by atoms with van der Waals surface area (Å²) >= 11 is 1.59. The first-order valence-electron chi connectivity index (χ1n) is 7.56. The number of para-hydroxylation sites is 1. The van der Waals surface area contributed by atoms with E-state index in [-0.39, 0.29) is 19.1 Å². The van der Waals surface area contributed by atoms with E-state index in [1.54, 1.807) is 16.2 Å². The molecule has 2 heterocycles. The molecule has 1 aliphatic heterocycles. The van der Waals surface area contributed by atoms with Gasteiger partial charge in [-0.15, -0.1) is 11.3 Å². The van der Waals surface area contributed by atoms with Gasteiger partial charge in [0.2, 0.25) is 5.91 Å². The van der Waals surface area contributed by atoms with Crippen molar-refractivity contribution in [2.75, 3.05) is 26.3 Å². The first kappa shape index (κ1) is 15.9. The van der Waals surface area contributed by atoms with Gasteiger partial charge in [0, 0.05) is 25.9 Å². The molecule has 1 atom stereocenters. The summed E-state index contributed by atoms with van der Waals surface area (Å²) in [4.78, 5) is 29.6. The number of rotatable bonds is 4. The van der Waals surface area contributed by atoms with Gasteiger partial charge in [-0.05, 0) is 12.1 Å². The Morgan fingerprint density at radius 2 is 2.22 bits per heavy atom. The summed E-state index contributed by atoms with van der Waals surface area (Å²) in [7, 11) is 0. The third-order valence-electron chi connectivity index (χ3n) is 3.86. The quantitative estimate of drug-likeness (QED) is 0.922. The molecule has 1 aliphatic rings.